The number of amides is 1. The Bertz CT molecular complexity index is 865. The SMILES string of the molecule is Cc1cn([C@H]2CCN(C(=O)c3ccn[nH]3)C[C@]2(C)O)c(=O)[nH]c1=O. The minimum Gasteiger partial charge on any atom is -0.386 e. The van der Waals surface area contributed by atoms with E-state index in [-0.39, 0.29) is 12.5 Å². The van der Waals surface area contributed by atoms with Crippen molar-refractivity contribution in [3.63, 3.8) is 0 Å². The van der Waals surface area contributed by atoms with Crippen LogP contribution in [0.5, 0.6) is 0 Å². The van der Waals surface area contributed by atoms with Gasteiger partial charge in [-0.2, -0.15) is 5.10 Å². The van der Waals surface area contributed by atoms with Crippen LogP contribution in [0.4, 0.5) is 0 Å². The topological polar surface area (TPSA) is 124 Å². The number of carbonyl (C=O) groups excluding carboxylic acids is 1. The van der Waals surface area contributed by atoms with Gasteiger partial charge in [0.1, 0.15) is 11.3 Å². The van der Waals surface area contributed by atoms with Gasteiger partial charge in [-0.05, 0) is 26.3 Å². The molecule has 0 aliphatic carbocycles. The van der Waals surface area contributed by atoms with E-state index < -0.39 is 22.9 Å². The maximum absolute atomic E-state index is 12.4. The van der Waals surface area contributed by atoms with Crippen LogP contribution in [-0.4, -0.2) is 54.4 Å². The molecule has 1 amide bonds. The van der Waals surface area contributed by atoms with E-state index in [1.165, 1.54) is 21.9 Å². The molecule has 24 heavy (non-hydrogen) atoms. The van der Waals surface area contributed by atoms with Crippen molar-refractivity contribution in [1.82, 2.24) is 24.6 Å². The zero-order chi connectivity index (χ0) is 17.5. The first-order chi connectivity index (χ1) is 11.3. The van der Waals surface area contributed by atoms with E-state index in [2.05, 4.69) is 15.2 Å². The van der Waals surface area contributed by atoms with Crippen molar-refractivity contribution in [2.24, 2.45) is 0 Å². The van der Waals surface area contributed by atoms with Gasteiger partial charge < -0.3 is 10.0 Å². The Morgan fingerprint density at radius 1 is 1.46 bits per heavy atom. The van der Waals surface area contributed by atoms with Crippen molar-refractivity contribution in [2.45, 2.75) is 31.9 Å². The molecule has 0 bridgehead atoms. The van der Waals surface area contributed by atoms with Gasteiger partial charge in [-0.3, -0.25) is 24.2 Å². The lowest BCUT2D eigenvalue weighted by atomic mass is 9.88. The number of H-pyrrole nitrogens is 2. The quantitative estimate of drug-likeness (QED) is 0.677. The van der Waals surface area contributed by atoms with E-state index >= 15 is 0 Å². The van der Waals surface area contributed by atoms with Gasteiger partial charge in [0.05, 0.1) is 12.6 Å². The van der Waals surface area contributed by atoms with Crippen LogP contribution in [0.2, 0.25) is 0 Å². The number of nitrogens with one attached hydrogen (secondary N) is 2. The third-order valence-electron chi connectivity index (χ3n) is 4.40. The highest BCUT2D eigenvalue weighted by molar-refractivity contribution is 5.92. The first-order valence-electron chi connectivity index (χ1n) is 7.63. The van der Waals surface area contributed by atoms with Gasteiger partial charge in [0.25, 0.3) is 11.5 Å². The molecule has 2 aromatic heterocycles. The molecule has 3 N–H and O–H groups in total. The number of carbonyl (C=O) groups is 1. The van der Waals surface area contributed by atoms with E-state index in [0.29, 0.717) is 24.2 Å². The summed E-state index contributed by atoms with van der Waals surface area (Å²) >= 11 is 0. The highest BCUT2D eigenvalue weighted by atomic mass is 16.3. The molecule has 3 heterocycles. The third-order valence-corrected chi connectivity index (χ3v) is 4.40. The molecule has 9 nitrogen and oxygen atoms in total. The second-order valence-electron chi connectivity index (χ2n) is 6.34. The third kappa shape index (κ3) is 2.78. The first-order valence-corrected chi connectivity index (χ1v) is 7.63. The molecule has 0 radical (unpaired) electrons. The van der Waals surface area contributed by atoms with Crippen LogP contribution in [0, 0.1) is 6.92 Å². The van der Waals surface area contributed by atoms with Crippen molar-refractivity contribution < 1.29 is 9.90 Å². The number of hydrogen-bond acceptors (Lipinski definition) is 5. The van der Waals surface area contributed by atoms with E-state index in [1.807, 2.05) is 0 Å². The summed E-state index contributed by atoms with van der Waals surface area (Å²) in [5.41, 5.74) is -1.59. The molecule has 0 unspecified atom stereocenters. The predicted molar refractivity (Wildman–Crippen MR) is 84.8 cm³/mol. The summed E-state index contributed by atoms with van der Waals surface area (Å²) in [6.07, 6.45) is 3.33. The van der Waals surface area contributed by atoms with Crippen molar-refractivity contribution >= 4 is 5.91 Å². The molecule has 2 atom stereocenters. The fourth-order valence-electron chi connectivity index (χ4n) is 3.13. The van der Waals surface area contributed by atoms with Crippen molar-refractivity contribution in [3.8, 4) is 0 Å². The standard InChI is InChI=1S/C15H19N5O4/c1-9-7-20(14(23)17-12(9)21)11-4-6-19(8-15(11,2)24)13(22)10-3-5-16-18-10/h3,5,7,11,24H,4,6,8H2,1-2H3,(H,16,18)(H,17,21,23)/t11-,15-/m0/s1. The number of hydrogen-bond donors (Lipinski definition) is 3. The molecule has 0 aromatic carbocycles. The van der Waals surface area contributed by atoms with Crippen LogP contribution in [0.1, 0.15) is 35.4 Å². The minimum absolute atomic E-state index is 0.0696. The number of aromatic nitrogens is 4. The van der Waals surface area contributed by atoms with Gasteiger partial charge in [-0.1, -0.05) is 0 Å². The molecule has 0 spiro atoms. The summed E-state index contributed by atoms with van der Waals surface area (Å²) in [5, 5.41) is 17.2. The van der Waals surface area contributed by atoms with Crippen LogP contribution in [0.3, 0.4) is 0 Å². The lowest BCUT2D eigenvalue weighted by Gasteiger charge is -2.43. The monoisotopic (exact) mass is 333 g/mol. The zero-order valence-corrected chi connectivity index (χ0v) is 13.4. The second-order valence-corrected chi connectivity index (χ2v) is 6.34. The summed E-state index contributed by atoms with van der Waals surface area (Å²) in [7, 11) is 0. The first kappa shape index (κ1) is 16.2. The van der Waals surface area contributed by atoms with Crippen LogP contribution in [-0.2, 0) is 0 Å². The van der Waals surface area contributed by atoms with Crippen molar-refractivity contribution in [1.29, 1.82) is 0 Å². The highest BCUT2D eigenvalue weighted by Gasteiger charge is 2.41. The predicted octanol–water partition coefficient (Wildman–Crippen LogP) is -0.594. The Labute approximate surface area is 136 Å². The smallest absolute Gasteiger partial charge is 0.328 e. The molecule has 9 heteroatoms. The molecule has 3 rings (SSSR count). The largest absolute Gasteiger partial charge is 0.386 e. The van der Waals surface area contributed by atoms with Gasteiger partial charge >= 0.3 is 5.69 Å². The molecule has 0 saturated carbocycles. The molecule has 2 aromatic rings. The number of likely N-dealkylation sites (tertiary alicyclic amines) is 1. The molecule has 128 valence electrons. The summed E-state index contributed by atoms with van der Waals surface area (Å²) in [4.78, 5) is 39.8. The van der Waals surface area contributed by atoms with Crippen molar-refractivity contribution in [3.05, 3.63) is 50.6 Å². The Balaban J connectivity index is 1.87. The lowest BCUT2D eigenvalue weighted by molar-refractivity contribution is -0.0505. The summed E-state index contributed by atoms with van der Waals surface area (Å²) in [6.45, 7) is 3.63. The molecule has 1 aliphatic heterocycles. The number of aryl methyl sites for hydroxylation is 1. The zero-order valence-electron chi connectivity index (χ0n) is 13.4. The van der Waals surface area contributed by atoms with Gasteiger partial charge in [0.2, 0.25) is 0 Å². The molecular formula is C15H19N5O4. The number of piperidine rings is 1. The average molecular weight is 333 g/mol. The van der Waals surface area contributed by atoms with Crippen LogP contribution in [0.15, 0.2) is 28.0 Å². The Hall–Kier alpha value is -2.68. The molecule has 1 aliphatic rings. The summed E-state index contributed by atoms with van der Waals surface area (Å²) < 4.78 is 1.34. The number of rotatable bonds is 2. The summed E-state index contributed by atoms with van der Waals surface area (Å²) in [6, 6.07) is 1.03. The van der Waals surface area contributed by atoms with Crippen LogP contribution >= 0.6 is 0 Å². The van der Waals surface area contributed by atoms with Gasteiger partial charge in [-0.25, -0.2) is 4.79 Å². The van der Waals surface area contributed by atoms with Gasteiger partial charge in [0, 0.05) is 24.5 Å². The highest BCUT2D eigenvalue weighted by Crippen LogP contribution is 2.31. The molecular weight excluding hydrogens is 314 g/mol. The number of aliphatic hydroxyl groups is 1. The fraction of sp³-hybridized carbons (Fsp3) is 0.467. The molecule has 1 saturated heterocycles. The minimum atomic E-state index is -1.32. The van der Waals surface area contributed by atoms with E-state index in [4.69, 9.17) is 0 Å². The average Bonchev–Trinajstić information content (AvgIpc) is 3.04. The van der Waals surface area contributed by atoms with Gasteiger partial charge in [0.15, 0.2) is 0 Å². The van der Waals surface area contributed by atoms with Crippen LogP contribution in [0.25, 0.3) is 0 Å². The normalized spacial score (nSPS) is 24.1. The number of β-amino-alcohol motifs (C(OH)–C–C–N with tert-alkyl or cyclic N) is 1. The lowest BCUT2D eigenvalue weighted by Crippen LogP contribution is -2.56. The van der Waals surface area contributed by atoms with E-state index in [0.717, 1.165) is 0 Å². The van der Waals surface area contributed by atoms with E-state index in [1.54, 1.807) is 19.9 Å². The Morgan fingerprint density at radius 2 is 2.21 bits per heavy atom. The summed E-state index contributed by atoms with van der Waals surface area (Å²) in [5.74, 6) is -0.253. The van der Waals surface area contributed by atoms with Crippen LogP contribution < -0.4 is 11.2 Å². The fourth-order valence-corrected chi connectivity index (χ4v) is 3.13. The number of aromatic amines is 2. The maximum atomic E-state index is 12.4. The Kier molecular flexibility index (Phi) is 3.88. The van der Waals surface area contributed by atoms with Crippen molar-refractivity contribution in [2.75, 3.05) is 13.1 Å². The second kappa shape index (κ2) is 5.75. The Morgan fingerprint density at radius 3 is 2.83 bits per heavy atom. The molecule has 1 fully saturated rings. The van der Waals surface area contributed by atoms with E-state index in [9.17, 15) is 19.5 Å². The number of nitrogens with zero attached hydrogens (tertiary/aromatic N) is 3. The van der Waals surface area contributed by atoms with Gasteiger partial charge in [-0.15, -0.1) is 0 Å². The maximum Gasteiger partial charge on any atom is 0.328 e.